The van der Waals surface area contributed by atoms with Crippen LogP contribution in [0.25, 0.3) is 0 Å². The zero-order valence-electron chi connectivity index (χ0n) is 16.7. The van der Waals surface area contributed by atoms with Crippen molar-refractivity contribution < 1.29 is 34.2 Å². The van der Waals surface area contributed by atoms with Gasteiger partial charge in [-0.1, -0.05) is 30.3 Å². The van der Waals surface area contributed by atoms with Gasteiger partial charge in [0.15, 0.2) is 0 Å². The fourth-order valence-electron chi connectivity index (χ4n) is 2.60. The number of aliphatic carboxylic acids is 1. The number of hydrogen-bond acceptors (Lipinski definition) is 7. The van der Waals surface area contributed by atoms with E-state index >= 15 is 0 Å². The fraction of sp³-hybridized carbons (Fsp3) is 0.421. The lowest BCUT2D eigenvalue weighted by atomic mass is 10.0. The maximum absolute atomic E-state index is 12.7. The van der Waals surface area contributed by atoms with Crippen molar-refractivity contribution in [2.45, 2.75) is 37.4 Å². The number of aliphatic hydroxyl groups is 1. The topological polar surface area (TPSA) is 214 Å². The van der Waals surface area contributed by atoms with Gasteiger partial charge in [0, 0.05) is 12.8 Å². The number of amides is 4. The smallest absolute Gasteiger partial charge is 0.328 e. The minimum absolute atomic E-state index is 0.00353. The maximum Gasteiger partial charge on any atom is 0.328 e. The first-order chi connectivity index (χ1) is 14.7. The van der Waals surface area contributed by atoms with Crippen LogP contribution < -0.4 is 27.4 Å². The van der Waals surface area contributed by atoms with Crippen LogP contribution in [0, 0.1) is 0 Å². The molecule has 3 unspecified atom stereocenters. The van der Waals surface area contributed by atoms with Gasteiger partial charge in [0.05, 0.1) is 13.2 Å². The summed E-state index contributed by atoms with van der Waals surface area (Å²) in [7, 11) is 0. The van der Waals surface area contributed by atoms with Gasteiger partial charge in [-0.2, -0.15) is 0 Å². The number of carbonyl (C=O) groups excluding carboxylic acids is 4. The van der Waals surface area contributed by atoms with Crippen molar-refractivity contribution in [2.75, 3.05) is 13.2 Å². The molecule has 0 fully saturated rings. The SMILES string of the molecule is NCC(=O)NC(CCC(N)=O)C(=O)NC(Cc1ccccc1)C(=O)NC(CO)C(=O)O. The van der Waals surface area contributed by atoms with Gasteiger partial charge in [-0.25, -0.2) is 4.79 Å². The molecule has 0 heterocycles. The van der Waals surface area contributed by atoms with Crippen molar-refractivity contribution in [3.63, 3.8) is 0 Å². The van der Waals surface area contributed by atoms with Gasteiger partial charge in [-0.3, -0.25) is 19.2 Å². The molecule has 0 bridgehead atoms. The Kier molecular flexibility index (Phi) is 10.6. The minimum Gasteiger partial charge on any atom is -0.480 e. The molecule has 0 saturated carbocycles. The number of carboxylic acids is 1. The molecule has 1 aromatic rings. The lowest BCUT2D eigenvalue weighted by Gasteiger charge is -2.24. The zero-order chi connectivity index (χ0) is 23.4. The predicted molar refractivity (Wildman–Crippen MR) is 108 cm³/mol. The summed E-state index contributed by atoms with van der Waals surface area (Å²) in [5, 5.41) is 25.1. The number of benzene rings is 1. The lowest BCUT2D eigenvalue weighted by Crippen LogP contribution is -2.57. The van der Waals surface area contributed by atoms with Gasteiger partial charge >= 0.3 is 5.97 Å². The molecule has 0 aliphatic carbocycles. The maximum atomic E-state index is 12.7. The largest absolute Gasteiger partial charge is 0.480 e. The molecule has 0 spiro atoms. The van der Waals surface area contributed by atoms with Crippen LogP contribution in [0.5, 0.6) is 0 Å². The van der Waals surface area contributed by atoms with Gasteiger partial charge in [-0.15, -0.1) is 0 Å². The summed E-state index contributed by atoms with van der Waals surface area (Å²) in [6.07, 6.45) is -0.325. The molecule has 31 heavy (non-hydrogen) atoms. The van der Waals surface area contributed by atoms with E-state index in [1.165, 1.54) is 0 Å². The number of carbonyl (C=O) groups is 5. The van der Waals surface area contributed by atoms with Crippen LogP contribution in [-0.4, -0.2) is 71.1 Å². The van der Waals surface area contributed by atoms with Crippen molar-refractivity contribution in [3.8, 4) is 0 Å². The van der Waals surface area contributed by atoms with E-state index in [4.69, 9.17) is 21.7 Å². The Morgan fingerprint density at radius 1 is 0.903 bits per heavy atom. The Morgan fingerprint density at radius 3 is 2.00 bits per heavy atom. The average Bonchev–Trinajstić information content (AvgIpc) is 2.74. The van der Waals surface area contributed by atoms with E-state index in [1.54, 1.807) is 30.3 Å². The molecule has 170 valence electrons. The number of carboxylic acid groups (broad SMARTS) is 1. The molecule has 0 saturated heterocycles. The van der Waals surface area contributed by atoms with E-state index in [2.05, 4.69) is 16.0 Å². The Morgan fingerprint density at radius 2 is 1.48 bits per heavy atom. The Balaban J connectivity index is 3.04. The van der Waals surface area contributed by atoms with E-state index in [9.17, 15) is 24.0 Å². The average molecular weight is 437 g/mol. The van der Waals surface area contributed by atoms with E-state index < -0.39 is 60.9 Å². The van der Waals surface area contributed by atoms with Crippen LogP contribution in [-0.2, 0) is 30.4 Å². The van der Waals surface area contributed by atoms with E-state index in [1.807, 2.05) is 0 Å². The third kappa shape index (κ3) is 9.23. The quantitative estimate of drug-likeness (QED) is 0.168. The van der Waals surface area contributed by atoms with Gasteiger partial charge in [0.1, 0.15) is 18.1 Å². The van der Waals surface area contributed by atoms with Crippen LogP contribution in [0.2, 0.25) is 0 Å². The summed E-state index contributed by atoms with van der Waals surface area (Å²) < 4.78 is 0. The van der Waals surface area contributed by atoms with Crippen molar-refractivity contribution in [2.24, 2.45) is 11.5 Å². The number of aliphatic hydroxyl groups excluding tert-OH is 1. The molecule has 0 aliphatic heterocycles. The van der Waals surface area contributed by atoms with Crippen LogP contribution in [0.1, 0.15) is 18.4 Å². The Bertz CT molecular complexity index is 787. The third-order valence-electron chi connectivity index (χ3n) is 4.23. The molecule has 12 nitrogen and oxygen atoms in total. The zero-order valence-corrected chi connectivity index (χ0v) is 16.7. The summed E-state index contributed by atoms with van der Waals surface area (Å²) in [5.41, 5.74) is 11.0. The van der Waals surface area contributed by atoms with Crippen molar-refractivity contribution in [3.05, 3.63) is 35.9 Å². The van der Waals surface area contributed by atoms with Crippen LogP contribution in [0.15, 0.2) is 30.3 Å². The Hall–Kier alpha value is -3.51. The first-order valence-corrected chi connectivity index (χ1v) is 9.44. The van der Waals surface area contributed by atoms with Crippen LogP contribution in [0.3, 0.4) is 0 Å². The highest BCUT2D eigenvalue weighted by molar-refractivity contribution is 5.94. The van der Waals surface area contributed by atoms with Gasteiger partial charge in [-0.05, 0) is 12.0 Å². The minimum atomic E-state index is -1.56. The molecular formula is C19H27N5O7. The molecule has 12 heteroatoms. The monoisotopic (exact) mass is 437 g/mol. The van der Waals surface area contributed by atoms with Crippen LogP contribution in [0.4, 0.5) is 0 Å². The third-order valence-corrected chi connectivity index (χ3v) is 4.23. The van der Waals surface area contributed by atoms with Gasteiger partial charge in [0.25, 0.3) is 0 Å². The second kappa shape index (κ2) is 12.9. The number of nitrogens with two attached hydrogens (primary N) is 2. The van der Waals surface area contributed by atoms with E-state index in [0.29, 0.717) is 5.56 Å². The highest BCUT2D eigenvalue weighted by atomic mass is 16.4. The normalized spacial score (nSPS) is 13.4. The first kappa shape index (κ1) is 25.5. The summed E-state index contributed by atoms with van der Waals surface area (Å²) in [4.78, 5) is 59.2. The van der Waals surface area contributed by atoms with Crippen LogP contribution >= 0.6 is 0 Å². The summed E-state index contributed by atoms with van der Waals surface area (Å²) in [6.45, 7) is -1.24. The summed E-state index contributed by atoms with van der Waals surface area (Å²) in [5.74, 6) is -4.42. The number of primary amides is 1. The summed E-state index contributed by atoms with van der Waals surface area (Å²) in [6, 6.07) is 4.61. The second-order valence-corrected chi connectivity index (χ2v) is 6.66. The molecule has 1 aromatic carbocycles. The lowest BCUT2D eigenvalue weighted by molar-refractivity contribution is -0.143. The Labute approximate surface area is 178 Å². The number of rotatable bonds is 13. The fourth-order valence-corrected chi connectivity index (χ4v) is 2.60. The highest BCUT2D eigenvalue weighted by Crippen LogP contribution is 2.06. The van der Waals surface area contributed by atoms with E-state index in [-0.39, 0.29) is 19.3 Å². The molecule has 9 N–H and O–H groups in total. The summed E-state index contributed by atoms with van der Waals surface area (Å²) >= 11 is 0. The molecule has 3 atom stereocenters. The standard InChI is InChI=1S/C19H27N5O7/c20-9-16(27)22-12(6-7-15(21)26)17(28)23-13(8-11-4-2-1-3-5-11)18(29)24-14(10-25)19(30)31/h1-5,12-14,25H,6-10,20H2,(H2,21,26)(H,22,27)(H,23,28)(H,24,29)(H,30,31). The second-order valence-electron chi connectivity index (χ2n) is 6.66. The van der Waals surface area contributed by atoms with Gasteiger partial charge in [0.2, 0.25) is 23.6 Å². The molecule has 4 amide bonds. The molecular weight excluding hydrogens is 410 g/mol. The molecule has 1 rings (SSSR count). The van der Waals surface area contributed by atoms with E-state index in [0.717, 1.165) is 0 Å². The number of hydrogen-bond donors (Lipinski definition) is 7. The van der Waals surface area contributed by atoms with Crippen molar-refractivity contribution in [1.29, 1.82) is 0 Å². The first-order valence-electron chi connectivity index (χ1n) is 9.44. The highest BCUT2D eigenvalue weighted by Gasteiger charge is 2.29. The van der Waals surface area contributed by atoms with Crippen molar-refractivity contribution in [1.82, 2.24) is 16.0 Å². The molecule has 0 aliphatic rings. The number of nitrogens with one attached hydrogen (secondary N) is 3. The van der Waals surface area contributed by atoms with Crippen molar-refractivity contribution >= 4 is 29.6 Å². The molecule has 0 radical (unpaired) electrons. The van der Waals surface area contributed by atoms with Gasteiger partial charge < -0.3 is 37.6 Å². The molecule has 0 aromatic heterocycles. The predicted octanol–water partition coefficient (Wildman–Crippen LogP) is -3.02.